The first-order valence-electron chi connectivity index (χ1n) is 7.83. The molecule has 0 aromatic heterocycles. The molecule has 0 aliphatic heterocycles. The Bertz CT molecular complexity index is 417. The summed E-state index contributed by atoms with van der Waals surface area (Å²) in [6.45, 7) is 4.88. The summed E-state index contributed by atoms with van der Waals surface area (Å²) in [6, 6.07) is 3.66. The van der Waals surface area contributed by atoms with E-state index in [1.54, 1.807) is 0 Å². The Morgan fingerprint density at radius 3 is 2.05 bits per heavy atom. The second kappa shape index (κ2) is 10.0. The van der Waals surface area contributed by atoms with Gasteiger partial charge in [0.25, 0.3) is 5.97 Å². The number of benzene rings is 1. The lowest BCUT2D eigenvalue weighted by molar-refractivity contribution is -0.344. The summed E-state index contributed by atoms with van der Waals surface area (Å²) in [6.07, 6.45) is 3.98. The molecule has 126 valence electrons. The Kier molecular flexibility index (Phi) is 8.78. The van der Waals surface area contributed by atoms with E-state index in [-0.39, 0.29) is 0 Å². The van der Waals surface area contributed by atoms with Crippen LogP contribution in [0.1, 0.15) is 45.1 Å². The van der Waals surface area contributed by atoms with Crippen LogP contribution in [0.5, 0.6) is 0 Å². The Balaban J connectivity index is 2.36. The second-order valence-corrected chi connectivity index (χ2v) is 5.50. The van der Waals surface area contributed by atoms with Crippen molar-refractivity contribution in [3.8, 4) is 0 Å². The van der Waals surface area contributed by atoms with Crippen LogP contribution in [0.15, 0.2) is 18.2 Å². The number of aryl methyl sites for hydroxylation is 1. The van der Waals surface area contributed by atoms with Crippen LogP contribution in [0.2, 0.25) is 0 Å². The lowest BCUT2D eigenvalue weighted by atomic mass is 10.1. The third-order valence-electron chi connectivity index (χ3n) is 3.41. The first kappa shape index (κ1) is 19.2. The average molecular weight is 332 g/mol. The summed E-state index contributed by atoms with van der Waals surface area (Å²) < 4.78 is 42.9. The van der Waals surface area contributed by atoms with Gasteiger partial charge in [-0.25, -0.2) is 8.78 Å². The molecule has 0 radical (unpaired) electrons. The van der Waals surface area contributed by atoms with Crippen molar-refractivity contribution in [2.45, 2.75) is 51.9 Å². The third-order valence-corrected chi connectivity index (χ3v) is 4.03. The van der Waals surface area contributed by atoms with E-state index in [1.165, 1.54) is 12.1 Å². The summed E-state index contributed by atoms with van der Waals surface area (Å²) >= 11 is 0. The molecule has 0 N–H and O–H groups in total. The number of ether oxygens (including phenoxy) is 2. The van der Waals surface area contributed by atoms with Crippen molar-refractivity contribution >= 4 is 10.5 Å². The highest BCUT2D eigenvalue weighted by molar-refractivity contribution is 5.98. The highest BCUT2D eigenvalue weighted by atomic mass is 28.2. The van der Waals surface area contributed by atoms with Crippen LogP contribution in [0.25, 0.3) is 0 Å². The molecule has 0 saturated carbocycles. The Hall–Kier alpha value is -0.823. The van der Waals surface area contributed by atoms with Gasteiger partial charge in [-0.1, -0.05) is 6.42 Å². The molecular formula is C16H26F2O3Si. The molecule has 22 heavy (non-hydrogen) atoms. The van der Waals surface area contributed by atoms with Gasteiger partial charge in [0.15, 0.2) is 10.5 Å². The maximum Gasteiger partial charge on any atom is 0.272 e. The van der Waals surface area contributed by atoms with Gasteiger partial charge in [-0.05, 0) is 50.8 Å². The van der Waals surface area contributed by atoms with Gasteiger partial charge in [-0.2, -0.15) is 0 Å². The first-order chi connectivity index (χ1) is 10.5. The highest BCUT2D eigenvalue weighted by Gasteiger charge is 2.29. The summed E-state index contributed by atoms with van der Waals surface area (Å²) in [5.41, 5.74) is 0.692. The lowest BCUT2D eigenvalue weighted by Gasteiger charge is -2.31. The summed E-state index contributed by atoms with van der Waals surface area (Å²) in [5, 5.41) is 0. The van der Waals surface area contributed by atoms with Crippen molar-refractivity contribution in [2.24, 2.45) is 0 Å². The maximum absolute atomic E-state index is 13.1. The van der Waals surface area contributed by atoms with E-state index in [2.05, 4.69) is 0 Å². The van der Waals surface area contributed by atoms with Gasteiger partial charge in [-0.15, -0.1) is 0 Å². The van der Waals surface area contributed by atoms with Gasteiger partial charge in [0, 0.05) is 25.7 Å². The fourth-order valence-electron chi connectivity index (χ4n) is 2.45. The number of hydrogen-bond donors (Lipinski definition) is 0. The molecular weight excluding hydrogens is 306 g/mol. The number of hydrogen-bond acceptors (Lipinski definition) is 3. The lowest BCUT2D eigenvalue weighted by Crippen LogP contribution is -2.38. The van der Waals surface area contributed by atoms with Gasteiger partial charge in [0.05, 0.1) is 0 Å². The van der Waals surface area contributed by atoms with E-state index >= 15 is 0 Å². The molecule has 1 aromatic carbocycles. The summed E-state index contributed by atoms with van der Waals surface area (Å²) in [7, 11) is 0.538. The van der Waals surface area contributed by atoms with Crippen LogP contribution in [0, 0.1) is 11.6 Å². The van der Waals surface area contributed by atoms with E-state index in [9.17, 15) is 8.78 Å². The molecule has 0 atom stereocenters. The number of rotatable bonds is 11. The van der Waals surface area contributed by atoms with Crippen molar-refractivity contribution in [1.82, 2.24) is 0 Å². The van der Waals surface area contributed by atoms with E-state index in [0.717, 1.165) is 25.3 Å². The molecule has 0 fully saturated rings. The van der Waals surface area contributed by atoms with Gasteiger partial charge in [0.2, 0.25) is 0 Å². The molecule has 0 spiro atoms. The van der Waals surface area contributed by atoms with E-state index in [4.69, 9.17) is 13.9 Å². The third kappa shape index (κ3) is 6.52. The molecule has 0 saturated heterocycles. The van der Waals surface area contributed by atoms with Crippen molar-refractivity contribution in [2.75, 3.05) is 13.2 Å². The predicted octanol–water partition coefficient (Wildman–Crippen LogP) is 3.09. The molecule has 0 unspecified atom stereocenters. The van der Waals surface area contributed by atoms with Crippen LogP contribution in [-0.4, -0.2) is 29.7 Å². The molecule has 0 aliphatic carbocycles. The fraction of sp³-hybridized carbons (Fsp3) is 0.625. The van der Waals surface area contributed by atoms with E-state index in [1.807, 2.05) is 13.8 Å². The predicted molar refractivity (Wildman–Crippen MR) is 85.5 cm³/mol. The standard InChI is InChI=1S/C16H26F2O3Si/c1-3-19-16(21-22,20-4-2)9-7-5-6-8-13-10-14(17)12-15(18)11-13/h10-12H,3-9H2,1-2,22H3. The fourth-order valence-corrected chi connectivity index (χ4v) is 2.89. The van der Waals surface area contributed by atoms with Gasteiger partial charge in [-0.3, -0.25) is 0 Å². The van der Waals surface area contributed by atoms with Gasteiger partial charge >= 0.3 is 0 Å². The Morgan fingerprint density at radius 2 is 1.55 bits per heavy atom. The molecule has 0 aliphatic rings. The van der Waals surface area contributed by atoms with Gasteiger partial charge in [0.1, 0.15) is 11.6 Å². The van der Waals surface area contributed by atoms with Crippen LogP contribution < -0.4 is 0 Å². The monoisotopic (exact) mass is 332 g/mol. The number of halogens is 2. The van der Waals surface area contributed by atoms with Gasteiger partial charge < -0.3 is 13.9 Å². The maximum atomic E-state index is 13.1. The van der Waals surface area contributed by atoms with Crippen molar-refractivity contribution in [3.63, 3.8) is 0 Å². The second-order valence-electron chi connectivity index (χ2n) is 5.09. The quantitative estimate of drug-likeness (QED) is 0.354. The molecule has 1 rings (SSSR count). The molecule has 0 heterocycles. The summed E-state index contributed by atoms with van der Waals surface area (Å²) in [5.74, 6) is -1.96. The zero-order valence-electron chi connectivity index (χ0n) is 13.7. The minimum absolute atomic E-state index is 0.522. The van der Waals surface area contributed by atoms with E-state index < -0.39 is 17.6 Å². The minimum Gasteiger partial charge on any atom is -0.380 e. The Labute approximate surface area is 134 Å². The smallest absolute Gasteiger partial charge is 0.272 e. The molecule has 6 heteroatoms. The highest BCUT2D eigenvalue weighted by Crippen LogP contribution is 2.23. The summed E-state index contributed by atoms with van der Waals surface area (Å²) in [4.78, 5) is 0. The molecule has 3 nitrogen and oxygen atoms in total. The zero-order chi connectivity index (χ0) is 16.4. The van der Waals surface area contributed by atoms with Crippen molar-refractivity contribution in [3.05, 3.63) is 35.4 Å². The largest absolute Gasteiger partial charge is 0.380 e. The minimum atomic E-state index is -0.916. The number of unbranched alkanes of at least 4 members (excludes halogenated alkanes) is 2. The molecule has 0 amide bonds. The normalized spacial score (nSPS) is 12.0. The van der Waals surface area contributed by atoms with Crippen molar-refractivity contribution < 1.29 is 22.7 Å². The van der Waals surface area contributed by atoms with Crippen LogP contribution in [0.4, 0.5) is 8.78 Å². The average Bonchev–Trinajstić information content (AvgIpc) is 2.46. The molecule has 0 bridgehead atoms. The SMILES string of the molecule is CCOC(CCCCCc1cc(F)cc(F)c1)(O[SiH3])OCC. The van der Waals surface area contributed by atoms with Crippen LogP contribution in [0.3, 0.4) is 0 Å². The zero-order valence-corrected chi connectivity index (χ0v) is 15.7. The van der Waals surface area contributed by atoms with E-state index in [0.29, 0.717) is 42.1 Å². The molecule has 1 aromatic rings. The van der Waals surface area contributed by atoms with Crippen molar-refractivity contribution in [1.29, 1.82) is 0 Å². The topological polar surface area (TPSA) is 27.7 Å². The first-order valence-corrected chi connectivity index (χ1v) is 8.65. The van der Waals surface area contributed by atoms with Crippen LogP contribution in [-0.2, 0) is 20.3 Å². The van der Waals surface area contributed by atoms with Crippen LogP contribution >= 0.6 is 0 Å². The Morgan fingerprint density at radius 1 is 0.955 bits per heavy atom.